The van der Waals surface area contributed by atoms with Gasteiger partial charge in [0.05, 0.1) is 12.5 Å². The average Bonchev–Trinajstić information content (AvgIpc) is 2.35. The molecule has 0 radical (unpaired) electrons. The Balaban J connectivity index is 2.81. The van der Waals surface area contributed by atoms with Crippen LogP contribution >= 0.6 is 0 Å². The van der Waals surface area contributed by atoms with Gasteiger partial charge >= 0.3 is 0 Å². The zero-order valence-corrected chi connectivity index (χ0v) is 10.8. The Morgan fingerprint density at radius 3 is 2.39 bits per heavy atom. The molecule has 4 heteroatoms. The summed E-state index contributed by atoms with van der Waals surface area (Å²) in [6.45, 7) is 5.38. The lowest BCUT2D eigenvalue weighted by molar-refractivity contribution is -0.123. The van der Waals surface area contributed by atoms with Crippen LogP contribution in [0, 0.1) is 5.92 Å². The molecule has 98 valence electrons. The first kappa shape index (κ1) is 14.3. The number of hydrogen-bond donors (Lipinski definition) is 2. The number of nitrogens with zero attached hydrogens (tertiary/aromatic N) is 1. The molecule has 4 nitrogen and oxygen atoms in total. The number of aliphatic hydroxyl groups excluding tert-OH is 1. The van der Waals surface area contributed by atoms with Crippen molar-refractivity contribution in [3.8, 4) is 5.75 Å². The molecule has 0 aliphatic carbocycles. The van der Waals surface area contributed by atoms with Crippen LogP contribution in [0.4, 0.5) is 5.69 Å². The number of allylic oxidation sites excluding steroid dienone is 1. The highest BCUT2D eigenvalue weighted by Gasteiger charge is 2.22. The van der Waals surface area contributed by atoms with Gasteiger partial charge in [0, 0.05) is 12.7 Å². The number of phenols is 1. The second-order valence-electron chi connectivity index (χ2n) is 4.45. The number of aromatic hydroxyl groups is 1. The number of phenolic OH excluding ortho intramolecular Hbond substituents is 1. The van der Waals surface area contributed by atoms with Gasteiger partial charge < -0.3 is 15.1 Å². The van der Waals surface area contributed by atoms with Crippen molar-refractivity contribution in [3.05, 3.63) is 36.4 Å². The maximum atomic E-state index is 12.2. The molecule has 1 atom stereocenters. The van der Waals surface area contributed by atoms with E-state index in [2.05, 4.69) is 6.58 Å². The highest BCUT2D eigenvalue weighted by atomic mass is 16.3. The van der Waals surface area contributed by atoms with Gasteiger partial charge in [-0.2, -0.15) is 0 Å². The van der Waals surface area contributed by atoms with E-state index in [1.54, 1.807) is 19.2 Å². The van der Waals surface area contributed by atoms with Crippen molar-refractivity contribution < 1.29 is 15.0 Å². The molecule has 2 N–H and O–H groups in total. The summed E-state index contributed by atoms with van der Waals surface area (Å²) in [6.07, 6.45) is 0.470. The number of anilines is 1. The maximum Gasteiger partial charge on any atom is 0.232 e. The van der Waals surface area contributed by atoms with Crippen LogP contribution in [-0.2, 0) is 4.79 Å². The number of benzene rings is 1. The summed E-state index contributed by atoms with van der Waals surface area (Å²) in [5.74, 6) is -0.479. The molecule has 0 aliphatic rings. The molecule has 0 spiro atoms. The third-order valence-electron chi connectivity index (χ3n) is 2.73. The average molecular weight is 249 g/mol. The van der Waals surface area contributed by atoms with Crippen LogP contribution in [0.1, 0.15) is 13.3 Å². The third kappa shape index (κ3) is 3.60. The van der Waals surface area contributed by atoms with E-state index < -0.39 is 5.92 Å². The molecule has 0 aromatic heterocycles. The minimum Gasteiger partial charge on any atom is -0.508 e. The van der Waals surface area contributed by atoms with Crippen LogP contribution in [0.3, 0.4) is 0 Å². The van der Waals surface area contributed by atoms with Crippen molar-refractivity contribution in [1.82, 2.24) is 0 Å². The van der Waals surface area contributed by atoms with Crippen molar-refractivity contribution in [2.24, 2.45) is 5.92 Å². The highest BCUT2D eigenvalue weighted by molar-refractivity contribution is 5.94. The van der Waals surface area contributed by atoms with Gasteiger partial charge in [0.2, 0.25) is 5.91 Å². The molecule has 1 rings (SSSR count). The van der Waals surface area contributed by atoms with Gasteiger partial charge in [-0.15, -0.1) is 6.58 Å². The molecule has 0 heterocycles. The van der Waals surface area contributed by atoms with Crippen LogP contribution < -0.4 is 4.90 Å². The molecule has 1 amide bonds. The smallest absolute Gasteiger partial charge is 0.232 e. The number of amides is 1. The lowest BCUT2D eigenvalue weighted by atomic mass is 10.0. The SMILES string of the molecule is C=C(C)CC(CO)C(=O)N(C)c1ccc(O)cc1. The Morgan fingerprint density at radius 2 is 1.94 bits per heavy atom. The summed E-state index contributed by atoms with van der Waals surface area (Å²) in [4.78, 5) is 13.6. The monoisotopic (exact) mass is 249 g/mol. The summed E-state index contributed by atoms with van der Waals surface area (Å²) in [7, 11) is 1.65. The molecule has 18 heavy (non-hydrogen) atoms. The van der Waals surface area contributed by atoms with E-state index in [1.807, 2.05) is 6.92 Å². The molecule has 1 aromatic rings. The van der Waals surface area contributed by atoms with E-state index in [4.69, 9.17) is 0 Å². The zero-order valence-electron chi connectivity index (χ0n) is 10.8. The summed E-state index contributed by atoms with van der Waals surface area (Å²) in [5.41, 5.74) is 1.54. The number of rotatable bonds is 5. The van der Waals surface area contributed by atoms with Gasteiger partial charge in [-0.1, -0.05) is 5.57 Å². The minimum absolute atomic E-state index is 0.153. The maximum absolute atomic E-state index is 12.2. The van der Waals surface area contributed by atoms with Crippen LogP contribution in [0.15, 0.2) is 36.4 Å². The molecule has 0 fully saturated rings. The predicted octanol–water partition coefficient (Wildman–Crippen LogP) is 1.93. The molecule has 1 aromatic carbocycles. The topological polar surface area (TPSA) is 60.8 Å². The van der Waals surface area contributed by atoms with Crippen LogP contribution in [0.25, 0.3) is 0 Å². The molecule has 0 bridgehead atoms. The Hall–Kier alpha value is -1.81. The van der Waals surface area contributed by atoms with E-state index >= 15 is 0 Å². The first-order valence-electron chi connectivity index (χ1n) is 5.77. The van der Waals surface area contributed by atoms with Crippen molar-refractivity contribution in [3.63, 3.8) is 0 Å². The Morgan fingerprint density at radius 1 is 1.39 bits per heavy atom. The lowest BCUT2D eigenvalue weighted by Gasteiger charge is -2.22. The second kappa shape index (κ2) is 6.21. The summed E-state index contributed by atoms with van der Waals surface area (Å²) < 4.78 is 0. The normalized spacial score (nSPS) is 11.9. The lowest BCUT2D eigenvalue weighted by Crippen LogP contribution is -2.34. The molecular weight excluding hydrogens is 230 g/mol. The van der Waals surface area contributed by atoms with Crippen LogP contribution in [-0.4, -0.2) is 29.8 Å². The standard InChI is InChI=1S/C14H19NO3/c1-10(2)8-11(9-16)14(18)15(3)12-4-6-13(17)7-5-12/h4-7,11,16-17H,1,8-9H2,2-3H3. The van der Waals surface area contributed by atoms with Crippen LogP contribution in [0.5, 0.6) is 5.75 Å². The van der Waals surface area contributed by atoms with Gasteiger partial charge in [-0.05, 0) is 37.6 Å². The Labute approximate surface area is 107 Å². The number of carbonyl (C=O) groups excluding carboxylic acids is 1. The van der Waals surface area contributed by atoms with Gasteiger partial charge in [0.25, 0.3) is 0 Å². The molecule has 0 saturated heterocycles. The van der Waals surface area contributed by atoms with E-state index in [0.717, 1.165) is 5.57 Å². The van der Waals surface area contributed by atoms with Gasteiger partial charge in [-0.3, -0.25) is 4.79 Å². The summed E-state index contributed by atoms with van der Waals surface area (Å²) >= 11 is 0. The second-order valence-corrected chi connectivity index (χ2v) is 4.45. The van der Waals surface area contributed by atoms with Crippen molar-refractivity contribution in [2.75, 3.05) is 18.6 Å². The first-order valence-corrected chi connectivity index (χ1v) is 5.77. The van der Waals surface area contributed by atoms with E-state index in [0.29, 0.717) is 12.1 Å². The van der Waals surface area contributed by atoms with Crippen molar-refractivity contribution >= 4 is 11.6 Å². The largest absolute Gasteiger partial charge is 0.508 e. The number of hydrogen-bond acceptors (Lipinski definition) is 3. The quantitative estimate of drug-likeness (QED) is 0.784. The number of carbonyl (C=O) groups is 1. The van der Waals surface area contributed by atoms with E-state index in [-0.39, 0.29) is 18.3 Å². The summed E-state index contributed by atoms with van der Waals surface area (Å²) in [5, 5.41) is 18.5. The molecule has 0 aliphatic heterocycles. The van der Waals surface area contributed by atoms with E-state index in [9.17, 15) is 15.0 Å². The fourth-order valence-electron chi connectivity index (χ4n) is 1.73. The van der Waals surface area contributed by atoms with Crippen molar-refractivity contribution in [2.45, 2.75) is 13.3 Å². The summed E-state index contributed by atoms with van der Waals surface area (Å²) in [6, 6.07) is 6.35. The Kier molecular flexibility index (Phi) is 4.92. The van der Waals surface area contributed by atoms with Crippen LogP contribution in [0.2, 0.25) is 0 Å². The third-order valence-corrected chi connectivity index (χ3v) is 2.73. The predicted molar refractivity (Wildman–Crippen MR) is 71.5 cm³/mol. The molecular formula is C14H19NO3. The fourth-order valence-corrected chi connectivity index (χ4v) is 1.73. The fraction of sp³-hybridized carbons (Fsp3) is 0.357. The molecule has 0 saturated carbocycles. The molecule has 1 unspecified atom stereocenters. The van der Waals surface area contributed by atoms with Crippen molar-refractivity contribution in [1.29, 1.82) is 0 Å². The highest BCUT2D eigenvalue weighted by Crippen LogP contribution is 2.20. The number of aliphatic hydroxyl groups is 1. The minimum atomic E-state index is -0.471. The first-order chi connectivity index (χ1) is 8.45. The van der Waals surface area contributed by atoms with Gasteiger partial charge in [-0.25, -0.2) is 0 Å². The Bertz CT molecular complexity index is 425. The van der Waals surface area contributed by atoms with Gasteiger partial charge in [0.15, 0.2) is 0 Å². The zero-order chi connectivity index (χ0) is 13.7. The van der Waals surface area contributed by atoms with E-state index in [1.165, 1.54) is 17.0 Å². The van der Waals surface area contributed by atoms with Gasteiger partial charge in [0.1, 0.15) is 5.75 Å².